The fourth-order valence-corrected chi connectivity index (χ4v) is 8.51. The Bertz CT molecular complexity index is 2080. The lowest BCUT2D eigenvalue weighted by Gasteiger charge is -2.41. The van der Waals surface area contributed by atoms with E-state index in [1.54, 1.807) is 13.8 Å². The molecule has 0 radical (unpaired) electrons. The summed E-state index contributed by atoms with van der Waals surface area (Å²) < 4.78 is 41.9. The zero-order chi connectivity index (χ0) is 39.7. The predicted molar refractivity (Wildman–Crippen MR) is 203 cm³/mol. The lowest BCUT2D eigenvalue weighted by Crippen LogP contribution is -2.59. The van der Waals surface area contributed by atoms with Gasteiger partial charge < -0.3 is 43.6 Å². The van der Waals surface area contributed by atoms with Gasteiger partial charge in [-0.2, -0.15) is 0 Å². The van der Waals surface area contributed by atoms with Gasteiger partial charge in [-0.25, -0.2) is 9.59 Å². The summed E-state index contributed by atoms with van der Waals surface area (Å²) in [5.74, 6) is -3.25. The van der Waals surface area contributed by atoms with Crippen molar-refractivity contribution in [3.63, 3.8) is 0 Å². The number of rotatable bonds is 12. The molecule has 4 aliphatic rings. The molecule has 2 aliphatic heterocycles. The van der Waals surface area contributed by atoms with Crippen molar-refractivity contribution >= 4 is 24.2 Å². The standard InChI is InChI=1S/C44H43NO12/c1-44(2)56-40-36(24-53-42(49)51-22-33-29-15-7-3-11-25(29)26-12-4-8-16-30(26)33)54-35(19-20-37(46)45-21-38(47)48)39(41(40)57-44)55-43(50)52-23-34-31-17-9-5-13-27(31)28-14-6-10-18-32(28)34/h3-18,33-36,39-41H,19-24H2,1-2H3,(H,45,46)(H,47,48)/t35-,36-,39+,40+,41-/m1/s1. The number of ether oxygens (including phenoxy) is 7. The van der Waals surface area contributed by atoms with E-state index >= 15 is 0 Å². The van der Waals surface area contributed by atoms with Gasteiger partial charge in [-0.15, -0.1) is 0 Å². The summed E-state index contributed by atoms with van der Waals surface area (Å²) >= 11 is 0. The maximum atomic E-state index is 13.5. The first-order valence-corrected chi connectivity index (χ1v) is 19.1. The molecule has 57 heavy (non-hydrogen) atoms. The molecule has 0 bridgehead atoms. The van der Waals surface area contributed by atoms with Crippen LogP contribution in [0.1, 0.15) is 60.8 Å². The number of hydrogen-bond donors (Lipinski definition) is 2. The molecule has 2 heterocycles. The molecule has 2 N–H and O–H groups in total. The van der Waals surface area contributed by atoms with Crippen molar-refractivity contribution in [1.82, 2.24) is 5.32 Å². The van der Waals surface area contributed by atoms with Gasteiger partial charge >= 0.3 is 18.3 Å². The Labute approximate surface area is 329 Å². The first kappa shape index (κ1) is 38.1. The highest BCUT2D eigenvalue weighted by atomic mass is 16.8. The summed E-state index contributed by atoms with van der Waals surface area (Å²) in [5.41, 5.74) is 8.51. The highest BCUT2D eigenvalue weighted by Crippen LogP contribution is 2.46. The highest BCUT2D eigenvalue weighted by Gasteiger charge is 2.57. The molecule has 4 aromatic carbocycles. The zero-order valence-electron chi connectivity index (χ0n) is 31.5. The maximum absolute atomic E-state index is 13.5. The largest absolute Gasteiger partial charge is 0.508 e. The minimum atomic E-state index is -1.19. The molecule has 296 valence electrons. The maximum Gasteiger partial charge on any atom is 0.508 e. The van der Waals surface area contributed by atoms with E-state index in [-0.39, 0.29) is 44.5 Å². The van der Waals surface area contributed by atoms with Crippen LogP contribution in [0.15, 0.2) is 97.1 Å². The monoisotopic (exact) mass is 777 g/mol. The van der Waals surface area contributed by atoms with Gasteiger partial charge in [-0.3, -0.25) is 9.59 Å². The van der Waals surface area contributed by atoms with E-state index in [0.29, 0.717) is 0 Å². The molecule has 8 rings (SSSR count). The Kier molecular flexibility index (Phi) is 10.7. The Morgan fingerprint density at radius 1 is 0.632 bits per heavy atom. The van der Waals surface area contributed by atoms with Crippen molar-refractivity contribution in [2.24, 2.45) is 0 Å². The molecule has 0 aromatic heterocycles. The number of carbonyl (C=O) groups is 4. The summed E-state index contributed by atoms with van der Waals surface area (Å²) in [4.78, 5) is 50.3. The number of carboxylic acid groups (broad SMARTS) is 1. The molecule has 13 heteroatoms. The van der Waals surface area contributed by atoms with Crippen LogP contribution in [-0.4, -0.2) is 92.0 Å². The predicted octanol–water partition coefficient (Wildman–Crippen LogP) is 6.55. The number of nitrogens with one attached hydrogen (secondary N) is 1. The van der Waals surface area contributed by atoms with Gasteiger partial charge in [-0.1, -0.05) is 97.1 Å². The number of carbonyl (C=O) groups excluding carboxylic acids is 3. The van der Waals surface area contributed by atoms with Gasteiger partial charge in [0.15, 0.2) is 11.9 Å². The van der Waals surface area contributed by atoms with Gasteiger partial charge in [0.05, 0.1) is 6.10 Å². The average molecular weight is 778 g/mol. The molecule has 2 fully saturated rings. The fraction of sp³-hybridized carbons (Fsp3) is 0.364. The molecule has 2 aliphatic carbocycles. The van der Waals surface area contributed by atoms with Gasteiger partial charge in [0.1, 0.15) is 44.7 Å². The van der Waals surface area contributed by atoms with Crippen LogP contribution < -0.4 is 5.32 Å². The van der Waals surface area contributed by atoms with Crippen LogP contribution in [0.2, 0.25) is 0 Å². The van der Waals surface area contributed by atoms with Crippen LogP contribution in [-0.2, 0) is 42.7 Å². The Morgan fingerprint density at radius 3 is 1.60 bits per heavy atom. The van der Waals surface area contributed by atoms with E-state index < -0.39 is 67.0 Å². The average Bonchev–Trinajstić information content (AvgIpc) is 3.83. The van der Waals surface area contributed by atoms with Gasteiger partial charge in [-0.05, 0) is 64.8 Å². The molecule has 5 atom stereocenters. The Morgan fingerprint density at radius 2 is 1.09 bits per heavy atom. The third-order valence-electron chi connectivity index (χ3n) is 10.9. The van der Waals surface area contributed by atoms with Crippen LogP contribution in [0.5, 0.6) is 0 Å². The summed E-state index contributed by atoms with van der Waals surface area (Å²) in [5, 5.41) is 11.4. The molecule has 0 saturated carbocycles. The van der Waals surface area contributed by atoms with Crippen molar-refractivity contribution in [2.75, 3.05) is 26.4 Å². The smallest absolute Gasteiger partial charge is 0.480 e. The first-order chi connectivity index (χ1) is 27.6. The molecular formula is C44H43NO12. The topological polar surface area (TPSA) is 165 Å². The van der Waals surface area contributed by atoms with E-state index in [9.17, 15) is 19.2 Å². The lowest BCUT2D eigenvalue weighted by atomic mass is 9.92. The molecular weight excluding hydrogens is 734 g/mol. The third kappa shape index (κ3) is 7.95. The summed E-state index contributed by atoms with van der Waals surface area (Å²) in [6, 6.07) is 31.9. The van der Waals surface area contributed by atoms with E-state index in [0.717, 1.165) is 44.5 Å². The van der Waals surface area contributed by atoms with Crippen molar-refractivity contribution in [3.8, 4) is 22.3 Å². The van der Waals surface area contributed by atoms with E-state index in [2.05, 4.69) is 5.32 Å². The summed E-state index contributed by atoms with van der Waals surface area (Å²) in [6.45, 7) is 2.62. The summed E-state index contributed by atoms with van der Waals surface area (Å²) in [6.07, 6.45) is -6.77. The SMILES string of the molecule is CC1(C)O[C@@H]2[C@@H](OC(=O)OCC3c4ccccc4-c4ccccc43)[C@@H](CCC(=O)NCC(=O)O)O[C@H](COC(=O)OCC3c4ccccc4-c4ccccc43)[C@@H]2O1. The van der Waals surface area contributed by atoms with Crippen LogP contribution in [0, 0.1) is 0 Å². The van der Waals surface area contributed by atoms with E-state index in [1.807, 2.05) is 97.1 Å². The molecule has 1 amide bonds. The number of hydrogen-bond acceptors (Lipinski definition) is 11. The van der Waals surface area contributed by atoms with Gasteiger partial charge in [0.2, 0.25) is 5.91 Å². The molecule has 2 saturated heterocycles. The van der Waals surface area contributed by atoms with Crippen molar-refractivity contribution in [3.05, 3.63) is 119 Å². The number of aliphatic carboxylic acids is 1. The highest BCUT2D eigenvalue weighted by molar-refractivity contribution is 5.81. The molecule has 13 nitrogen and oxygen atoms in total. The second-order valence-electron chi connectivity index (χ2n) is 15.0. The first-order valence-electron chi connectivity index (χ1n) is 19.1. The minimum Gasteiger partial charge on any atom is -0.480 e. The Hall–Kier alpha value is -5.76. The number of carboxylic acids is 1. The second-order valence-corrected chi connectivity index (χ2v) is 15.0. The number of benzene rings is 4. The van der Waals surface area contributed by atoms with Crippen LogP contribution in [0.4, 0.5) is 9.59 Å². The van der Waals surface area contributed by atoms with E-state index in [4.69, 9.17) is 38.3 Å². The normalized spacial score (nSPS) is 22.6. The fourth-order valence-electron chi connectivity index (χ4n) is 8.51. The van der Waals surface area contributed by atoms with Crippen molar-refractivity contribution in [1.29, 1.82) is 0 Å². The lowest BCUT2D eigenvalue weighted by molar-refractivity contribution is -0.203. The Balaban J connectivity index is 0.949. The van der Waals surface area contributed by atoms with Crippen LogP contribution in [0.3, 0.4) is 0 Å². The van der Waals surface area contributed by atoms with Crippen molar-refractivity contribution in [2.45, 2.75) is 74.8 Å². The van der Waals surface area contributed by atoms with Crippen molar-refractivity contribution < 1.29 is 57.4 Å². The van der Waals surface area contributed by atoms with Crippen LogP contribution >= 0.6 is 0 Å². The van der Waals surface area contributed by atoms with Gasteiger partial charge in [0, 0.05) is 18.3 Å². The molecule has 0 spiro atoms. The summed E-state index contributed by atoms with van der Waals surface area (Å²) in [7, 11) is 0. The molecule has 0 unspecified atom stereocenters. The minimum absolute atomic E-state index is 0.00122. The van der Waals surface area contributed by atoms with Gasteiger partial charge in [0.25, 0.3) is 0 Å². The molecule has 4 aromatic rings. The number of amides is 1. The quantitative estimate of drug-likeness (QED) is 0.149. The zero-order valence-corrected chi connectivity index (χ0v) is 31.5. The second kappa shape index (κ2) is 16.0. The number of fused-ring (bicyclic) bond motifs is 7. The van der Waals surface area contributed by atoms with E-state index in [1.165, 1.54) is 0 Å². The third-order valence-corrected chi connectivity index (χ3v) is 10.9. The van der Waals surface area contributed by atoms with Crippen LogP contribution in [0.25, 0.3) is 22.3 Å².